The molecule has 0 atom stereocenters. The van der Waals surface area contributed by atoms with Crippen LogP contribution in [0, 0.1) is 20.8 Å². The van der Waals surface area contributed by atoms with Crippen molar-refractivity contribution in [2.45, 2.75) is 20.8 Å². The number of hydrogen-bond acceptors (Lipinski definition) is 4. The fraction of sp³-hybridized carbons (Fsp3) is 0.250. The zero-order chi connectivity index (χ0) is 11.7. The number of rotatable bonds is 1. The predicted molar refractivity (Wildman–Crippen MR) is 63.9 cm³/mol. The number of anilines is 1. The first-order valence-electron chi connectivity index (χ1n) is 5.11. The van der Waals surface area contributed by atoms with Gasteiger partial charge in [0, 0.05) is 23.1 Å². The average molecular weight is 214 g/mol. The molecule has 2 N–H and O–H groups in total. The second kappa shape index (κ2) is 3.89. The summed E-state index contributed by atoms with van der Waals surface area (Å²) in [4.78, 5) is 12.5. The number of nitrogens with two attached hydrogens (primary N) is 1. The first kappa shape index (κ1) is 10.5. The number of hydrogen-bond donors (Lipinski definition) is 1. The van der Waals surface area contributed by atoms with Crippen molar-refractivity contribution in [1.82, 2.24) is 15.0 Å². The summed E-state index contributed by atoms with van der Waals surface area (Å²) in [7, 11) is 0. The van der Waals surface area contributed by atoms with Gasteiger partial charge in [-0.1, -0.05) is 0 Å². The summed E-state index contributed by atoms with van der Waals surface area (Å²) in [5.41, 5.74) is 10.5. The Morgan fingerprint density at radius 3 is 2.19 bits per heavy atom. The molecule has 0 aromatic carbocycles. The second-order valence-electron chi connectivity index (χ2n) is 3.87. The number of nitrogens with zero attached hydrogens (tertiary/aromatic N) is 3. The Labute approximate surface area is 94.6 Å². The lowest BCUT2D eigenvalue weighted by Gasteiger charge is -2.07. The summed E-state index contributed by atoms with van der Waals surface area (Å²) in [6.45, 7) is 5.88. The van der Waals surface area contributed by atoms with Crippen LogP contribution in [-0.2, 0) is 0 Å². The van der Waals surface area contributed by atoms with Crippen LogP contribution in [0.3, 0.4) is 0 Å². The van der Waals surface area contributed by atoms with Gasteiger partial charge in [0.15, 0.2) is 0 Å². The van der Waals surface area contributed by atoms with Crippen molar-refractivity contribution in [1.29, 1.82) is 0 Å². The van der Waals surface area contributed by atoms with Gasteiger partial charge < -0.3 is 5.73 Å². The fourth-order valence-electron chi connectivity index (χ4n) is 1.76. The smallest absolute Gasteiger partial charge is 0.220 e. The van der Waals surface area contributed by atoms with Crippen LogP contribution in [0.15, 0.2) is 18.3 Å². The standard InChI is InChI=1S/C12H14N4/c1-7-4-10(5-8(2)15-7)11-6-14-12(13)16-9(11)3/h4-6H,1-3H3,(H2,13,14,16). The number of aryl methyl sites for hydroxylation is 3. The summed E-state index contributed by atoms with van der Waals surface area (Å²) in [5, 5.41) is 0. The highest BCUT2D eigenvalue weighted by Crippen LogP contribution is 2.22. The van der Waals surface area contributed by atoms with Gasteiger partial charge in [0.1, 0.15) is 0 Å². The maximum Gasteiger partial charge on any atom is 0.220 e. The molecule has 0 aliphatic carbocycles. The van der Waals surface area contributed by atoms with Crippen LogP contribution in [-0.4, -0.2) is 15.0 Å². The minimum absolute atomic E-state index is 0.309. The van der Waals surface area contributed by atoms with E-state index in [4.69, 9.17) is 5.73 Å². The molecule has 0 bridgehead atoms. The maximum absolute atomic E-state index is 5.53. The largest absolute Gasteiger partial charge is 0.368 e. The first-order chi connectivity index (χ1) is 7.56. The van der Waals surface area contributed by atoms with E-state index in [1.54, 1.807) is 6.20 Å². The van der Waals surface area contributed by atoms with Crippen LogP contribution in [0.1, 0.15) is 17.1 Å². The zero-order valence-electron chi connectivity index (χ0n) is 9.65. The van der Waals surface area contributed by atoms with Crippen LogP contribution >= 0.6 is 0 Å². The average Bonchev–Trinajstić information content (AvgIpc) is 2.15. The van der Waals surface area contributed by atoms with Gasteiger partial charge in [0.25, 0.3) is 0 Å². The van der Waals surface area contributed by atoms with Crippen molar-refractivity contribution < 1.29 is 0 Å². The van der Waals surface area contributed by atoms with Gasteiger partial charge in [0.2, 0.25) is 5.95 Å². The molecule has 0 saturated carbocycles. The van der Waals surface area contributed by atoms with Crippen LogP contribution in [0.2, 0.25) is 0 Å². The third kappa shape index (κ3) is 2.00. The minimum Gasteiger partial charge on any atom is -0.368 e. The van der Waals surface area contributed by atoms with E-state index in [0.717, 1.165) is 28.2 Å². The van der Waals surface area contributed by atoms with Gasteiger partial charge in [-0.05, 0) is 38.5 Å². The summed E-state index contributed by atoms with van der Waals surface area (Å²) in [6, 6.07) is 4.05. The minimum atomic E-state index is 0.309. The number of pyridine rings is 1. The van der Waals surface area contributed by atoms with E-state index in [9.17, 15) is 0 Å². The van der Waals surface area contributed by atoms with Gasteiger partial charge >= 0.3 is 0 Å². The lowest BCUT2D eigenvalue weighted by molar-refractivity contribution is 1.10. The van der Waals surface area contributed by atoms with Crippen molar-refractivity contribution in [3.05, 3.63) is 35.4 Å². The summed E-state index contributed by atoms with van der Waals surface area (Å²) < 4.78 is 0. The zero-order valence-corrected chi connectivity index (χ0v) is 9.65. The molecule has 0 aliphatic rings. The summed E-state index contributed by atoms with van der Waals surface area (Å²) >= 11 is 0. The molecule has 0 spiro atoms. The highest BCUT2D eigenvalue weighted by molar-refractivity contribution is 5.65. The molecule has 2 aromatic heterocycles. The lowest BCUT2D eigenvalue weighted by Crippen LogP contribution is -1.98. The SMILES string of the molecule is Cc1cc(-c2cnc(N)nc2C)cc(C)n1. The Balaban J connectivity index is 2.58. The molecule has 0 radical (unpaired) electrons. The quantitative estimate of drug-likeness (QED) is 0.789. The van der Waals surface area contributed by atoms with Crippen molar-refractivity contribution in [3.63, 3.8) is 0 Å². The highest BCUT2D eigenvalue weighted by Gasteiger charge is 2.06. The Morgan fingerprint density at radius 2 is 1.62 bits per heavy atom. The van der Waals surface area contributed by atoms with E-state index in [1.165, 1.54) is 0 Å². The molecular weight excluding hydrogens is 200 g/mol. The molecular formula is C12H14N4. The molecule has 2 aromatic rings. The molecule has 2 heterocycles. The molecule has 0 aliphatic heterocycles. The first-order valence-corrected chi connectivity index (χ1v) is 5.11. The number of aromatic nitrogens is 3. The molecule has 2 rings (SSSR count). The van der Waals surface area contributed by atoms with E-state index in [1.807, 2.05) is 32.9 Å². The Bertz CT molecular complexity index is 514. The topological polar surface area (TPSA) is 64.7 Å². The van der Waals surface area contributed by atoms with Gasteiger partial charge in [0.05, 0.1) is 5.69 Å². The predicted octanol–water partition coefficient (Wildman–Crippen LogP) is 2.05. The molecule has 82 valence electrons. The normalized spacial score (nSPS) is 10.4. The third-order valence-electron chi connectivity index (χ3n) is 2.39. The van der Waals surface area contributed by atoms with E-state index < -0.39 is 0 Å². The van der Waals surface area contributed by atoms with Gasteiger partial charge in [-0.15, -0.1) is 0 Å². The Morgan fingerprint density at radius 1 is 1.00 bits per heavy atom. The van der Waals surface area contributed by atoms with Gasteiger partial charge in [-0.25, -0.2) is 9.97 Å². The Kier molecular flexibility index (Phi) is 2.56. The van der Waals surface area contributed by atoms with Gasteiger partial charge in [-0.3, -0.25) is 4.98 Å². The van der Waals surface area contributed by atoms with E-state index in [-0.39, 0.29) is 0 Å². The van der Waals surface area contributed by atoms with Crippen LogP contribution < -0.4 is 5.73 Å². The van der Waals surface area contributed by atoms with Gasteiger partial charge in [-0.2, -0.15) is 0 Å². The molecule has 4 heteroatoms. The molecule has 0 fully saturated rings. The molecule has 0 saturated heterocycles. The van der Waals surface area contributed by atoms with Crippen molar-refractivity contribution in [3.8, 4) is 11.1 Å². The van der Waals surface area contributed by atoms with E-state index in [0.29, 0.717) is 5.95 Å². The highest BCUT2D eigenvalue weighted by atomic mass is 15.0. The molecule has 0 unspecified atom stereocenters. The maximum atomic E-state index is 5.53. The van der Waals surface area contributed by atoms with Crippen LogP contribution in [0.5, 0.6) is 0 Å². The van der Waals surface area contributed by atoms with E-state index >= 15 is 0 Å². The summed E-state index contributed by atoms with van der Waals surface area (Å²) in [6.07, 6.45) is 1.76. The van der Waals surface area contributed by atoms with Crippen molar-refractivity contribution in [2.75, 3.05) is 5.73 Å². The lowest BCUT2D eigenvalue weighted by atomic mass is 10.1. The second-order valence-corrected chi connectivity index (χ2v) is 3.87. The molecule has 4 nitrogen and oxygen atoms in total. The Hall–Kier alpha value is -1.97. The monoisotopic (exact) mass is 214 g/mol. The molecule has 0 amide bonds. The number of nitrogen functional groups attached to an aromatic ring is 1. The third-order valence-corrected chi connectivity index (χ3v) is 2.39. The van der Waals surface area contributed by atoms with Crippen molar-refractivity contribution in [2.24, 2.45) is 0 Å². The molecule has 16 heavy (non-hydrogen) atoms. The summed E-state index contributed by atoms with van der Waals surface area (Å²) in [5.74, 6) is 0.309. The fourth-order valence-corrected chi connectivity index (χ4v) is 1.76. The van der Waals surface area contributed by atoms with Crippen LogP contribution in [0.4, 0.5) is 5.95 Å². The van der Waals surface area contributed by atoms with Crippen molar-refractivity contribution >= 4 is 5.95 Å². The van der Waals surface area contributed by atoms with E-state index in [2.05, 4.69) is 15.0 Å². The van der Waals surface area contributed by atoms with Crippen LogP contribution in [0.25, 0.3) is 11.1 Å².